The van der Waals surface area contributed by atoms with Gasteiger partial charge >= 0.3 is 5.97 Å². The summed E-state index contributed by atoms with van der Waals surface area (Å²) in [5.41, 5.74) is 1.71. The van der Waals surface area contributed by atoms with Gasteiger partial charge in [0.15, 0.2) is 6.10 Å². The van der Waals surface area contributed by atoms with Crippen LogP contribution in [0.15, 0.2) is 18.2 Å². The highest BCUT2D eigenvalue weighted by molar-refractivity contribution is 7.92. The van der Waals surface area contributed by atoms with Crippen molar-refractivity contribution in [2.75, 3.05) is 30.8 Å². The Morgan fingerprint density at radius 1 is 1.42 bits per heavy atom. The van der Waals surface area contributed by atoms with Crippen molar-refractivity contribution in [2.45, 2.75) is 18.9 Å². The monoisotopic (exact) mass is 356 g/mol. The van der Waals surface area contributed by atoms with E-state index in [1.807, 2.05) is 0 Å². The number of carboxylic acids is 1. The fraction of sp³-hybridized carbons (Fsp3) is 0.467. The molecule has 1 amide bonds. The largest absolute Gasteiger partial charge is 0.479 e. The number of methoxy groups -OCH3 is 1. The SMILES string of the molecule is COC(CNC(=O)c1ccc2c(c1)CCCN2S(C)(=O)=O)C(=O)O. The molecule has 2 N–H and O–H groups in total. The van der Waals surface area contributed by atoms with Gasteiger partial charge in [0.05, 0.1) is 18.5 Å². The predicted molar refractivity (Wildman–Crippen MR) is 87.7 cm³/mol. The topological polar surface area (TPSA) is 113 Å². The average molecular weight is 356 g/mol. The average Bonchev–Trinajstić information content (AvgIpc) is 2.52. The van der Waals surface area contributed by atoms with E-state index in [2.05, 4.69) is 5.32 Å². The molecule has 2 rings (SSSR count). The molecule has 0 aromatic heterocycles. The molecule has 0 saturated heterocycles. The van der Waals surface area contributed by atoms with Gasteiger partial charge < -0.3 is 15.2 Å². The van der Waals surface area contributed by atoms with Gasteiger partial charge in [-0.25, -0.2) is 13.2 Å². The predicted octanol–water partition coefficient (Wildman–Crippen LogP) is 0.228. The maximum absolute atomic E-state index is 12.2. The Morgan fingerprint density at radius 2 is 2.12 bits per heavy atom. The lowest BCUT2D eigenvalue weighted by Gasteiger charge is -2.29. The maximum atomic E-state index is 12.2. The lowest BCUT2D eigenvalue weighted by atomic mass is 10.0. The molecule has 132 valence electrons. The fourth-order valence-corrected chi connectivity index (χ4v) is 3.60. The van der Waals surface area contributed by atoms with Crippen LogP contribution in [0.1, 0.15) is 22.3 Å². The van der Waals surface area contributed by atoms with Crippen LogP contribution in [0.4, 0.5) is 5.69 Å². The van der Waals surface area contributed by atoms with Crippen LogP contribution in [0, 0.1) is 0 Å². The number of aryl methyl sites for hydroxylation is 1. The number of aliphatic carboxylic acids is 1. The van der Waals surface area contributed by atoms with Crippen molar-refractivity contribution in [3.05, 3.63) is 29.3 Å². The molecule has 1 aromatic carbocycles. The van der Waals surface area contributed by atoms with E-state index < -0.39 is 28.0 Å². The van der Waals surface area contributed by atoms with Crippen molar-refractivity contribution >= 4 is 27.6 Å². The number of carbonyl (C=O) groups excluding carboxylic acids is 1. The summed E-state index contributed by atoms with van der Waals surface area (Å²) >= 11 is 0. The van der Waals surface area contributed by atoms with Gasteiger partial charge in [-0.3, -0.25) is 9.10 Å². The van der Waals surface area contributed by atoms with E-state index in [9.17, 15) is 18.0 Å². The molecule has 8 nitrogen and oxygen atoms in total. The Hall–Kier alpha value is -2.13. The third-order valence-corrected chi connectivity index (χ3v) is 5.01. The molecule has 1 aliphatic heterocycles. The van der Waals surface area contributed by atoms with Crippen LogP contribution < -0.4 is 9.62 Å². The van der Waals surface area contributed by atoms with Crippen LogP contribution >= 0.6 is 0 Å². The van der Waals surface area contributed by atoms with Gasteiger partial charge in [-0.05, 0) is 36.6 Å². The third-order valence-electron chi connectivity index (χ3n) is 3.83. The smallest absolute Gasteiger partial charge is 0.334 e. The lowest BCUT2D eigenvalue weighted by molar-refractivity contribution is -0.148. The number of ether oxygens (including phenoxy) is 1. The second-order valence-corrected chi connectivity index (χ2v) is 7.46. The molecule has 1 heterocycles. The minimum Gasteiger partial charge on any atom is -0.479 e. The van der Waals surface area contributed by atoms with Crippen LogP contribution in [0.5, 0.6) is 0 Å². The van der Waals surface area contributed by atoms with Crippen molar-refractivity contribution in [3.8, 4) is 0 Å². The molecule has 24 heavy (non-hydrogen) atoms. The zero-order valence-electron chi connectivity index (χ0n) is 13.5. The number of anilines is 1. The number of carbonyl (C=O) groups is 2. The molecule has 1 aromatic rings. The lowest BCUT2D eigenvalue weighted by Crippen LogP contribution is -2.38. The Labute approximate surface area is 140 Å². The van der Waals surface area contributed by atoms with Gasteiger partial charge in [0.1, 0.15) is 0 Å². The molecule has 9 heteroatoms. The van der Waals surface area contributed by atoms with Gasteiger partial charge in [0, 0.05) is 19.2 Å². The Bertz CT molecular complexity index is 746. The van der Waals surface area contributed by atoms with Crippen molar-refractivity contribution in [1.82, 2.24) is 5.32 Å². The summed E-state index contributed by atoms with van der Waals surface area (Å²) < 4.78 is 29.7. The van der Waals surface area contributed by atoms with E-state index in [1.54, 1.807) is 12.1 Å². The zero-order chi connectivity index (χ0) is 17.9. The first-order valence-electron chi connectivity index (χ1n) is 7.38. The molecule has 1 aliphatic rings. The number of hydrogen-bond acceptors (Lipinski definition) is 5. The van der Waals surface area contributed by atoms with Crippen molar-refractivity contribution in [3.63, 3.8) is 0 Å². The molecule has 1 atom stereocenters. The molecule has 0 spiro atoms. The number of benzene rings is 1. The first kappa shape index (κ1) is 18.2. The van der Waals surface area contributed by atoms with Crippen LogP contribution in [0.2, 0.25) is 0 Å². The number of amides is 1. The van der Waals surface area contributed by atoms with Crippen LogP contribution in [-0.2, 0) is 26.0 Å². The maximum Gasteiger partial charge on any atom is 0.334 e. The standard InChI is InChI=1S/C15H20N2O6S/c1-23-13(15(19)20)9-16-14(18)11-5-6-12-10(8-11)4-3-7-17(12)24(2,21)22/h5-6,8,13H,3-4,7,9H2,1-2H3,(H,16,18)(H,19,20). The van der Waals surface area contributed by atoms with Gasteiger partial charge in [-0.1, -0.05) is 0 Å². The highest BCUT2D eigenvalue weighted by Gasteiger charge is 2.25. The van der Waals surface area contributed by atoms with E-state index in [1.165, 1.54) is 17.5 Å². The molecule has 0 saturated carbocycles. The van der Waals surface area contributed by atoms with E-state index in [-0.39, 0.29) is 6.54 Å². The van der Waals surface area contributed by atoms with Gasteiger partial charge in [-0.15, -0.1) is 0 Å². The number of hydrogen-bond donors (Lipinski definition) is 2. The van der Waals surface area contributed by atoms with Gasteiger partial charge in [0.2, 0.25) is 10.0 Å². The highest BCUT2D eigenvalue weighted by atomic mass is 32.2. The third kappa shape index (κ3) is 4.04. The molecule has 1 unspecified atom stereocenters. The summed E-state index contributed by atoms with van der Waals surface area (Å²) in [6.07, 6.45) is 1.39. The summed E-state index contributed by atoms with van der Waals surface area (Å²) in [4.78, 5) is 23.0. The normalized spacial score (nSPS) is 15.5. The quantitative estimate of drug-likeness (QED) is 0.754. The number of rotatable bonds is 6. The zero-order valence-corrected chi connectivity index (χ0v) is 14.3. The van der Waals surface area contributed by atoms with E-state index in [0.29, 0.717) is 30.6 Å². The summed E-state index contributed by atoms with van der Waals surface area (Å²) in [6.45, 7) is 0.267. The second kappa shape index (κ2) is 7.18. The van der Waals surface area contributed by atoms with Crippen molar-refractivity contribution < 1.29 is 27.9 Å². The minimum atomic E-state index is -3.36. The van der Waals surface area contributed by atoms with E-state index in [0.717, 1.165) is 11.8 Å². The molecule has 0 radical (unpaired) electrons. The molecule has 0 bridgehead atoms. The number of sulfonamides is 1. The number of nitrogens with zero attached hydrogens (tertiary/aromatic N) is 1. The summed E-state index contributed by atoms with van der Waals surface area (Å²) in [5, 5.41) is 11.4. The molecule has 0 fully saturated rings. The van der Waals surface area contributed by atoms with Crippen LogP contribution in [0.25, 0.3) is 0 Å². The second-order valence-electron chi connectivity index (χ2n) is 5.55. The Balaban J connectivity index is 2.16. The number of nitrogens with one attached hydrogen (secondary N) is 1. The van der Waals surface area contributed by atoms with Gasteiger partial charge in [-0.2, -0.15) is 0 Å². The molecule has 0 aliphatic carbocycles. The van der Waals surface area contributed by atoms with Crippen LogP contribution in [-0.4, -0.2) is 58.0 Å². The van der Waals surface area contributed by atoms with Crippen molar-refractivity contribution in [2.24, 2.45) is 0 Å². The first-order chi connectivity index (χ1) is 11.2. The molecular formula is C15H20N2O6S. The summed E-state index contributed by atoms with van der Waals surface area (Å²) in [6, 6.07) is 4.78. The highest BCUT2D eigenvalue weighted by Crippen LogP contribution is 2.29. The van der Waals surface area contributed by atoms with E-state index >= 15 is 0 Å². The van der Waals surface area contributed by atoms with Crippen LogP contribution in [0.3, 0.4) is 0 Å². The summed E-state index contributed by atoms with van der Waals surface area (Å²) in [5.74, 6) is -1.59. The molecular weight excluding hydrogens is 336 g/mol. The first-order valence-corrected chi connectivity index (χ1v) is 9.23. The van der Waals surface area contributed by atoms with Crippen molar-refractivity contribution in [1.29, 1.82) is 0 Å². The number of carboxylic acid groups (broad SMARTS) is 1. The Kier molecular flexibility index (Phi) is 5.45. The fourth-order valence-electron chi connectivity index (χ4n) is 2.61. The number of fused-ring (bicyclic) bond motifs is 1. The minimum absolute atomic E-state index is 0.156. The summed E-state index contributed by atoms with van der Waals surface area (Å²) in [7, 11) is -2.10. The van der Waals surface area contributed by atoms with Gasteiger partial charge in [0.25, 0.3) is 5.91 Å². The Morgan fingerprint density at radius 3 is 2.71 bits per heavy atom. The van der Waals surface area contributed by atoms with E-state index in [4.69, 9.17) is 9.84 Å².